The van der Waals surface area contributed by atoms with E-state index in [0.29, 0.717) is 25.7 Å². The summed E-state index contributed by atoms with van der Waals surface area (Å²) < 4.78 is 39.5. The molecule has 3 atom stereocenters. The first kappa shape index (κ1) is 75.6. The van der Waals surface area contributed by atoms with Crippen LogP contribution >= 0.6 is 7.82 Å². The summed E-state index contributed by atoms with van der Waals surface area (Å²) >= 11 is 0. The lowest BCUT2D eigenvalue weighted by molar-refractivity contribution is -0.161. The van der Waals surface area contributed by atoms with Gasteiger partial charge in [0, 0.05) is 19.3 Å². The van der Waals surface area contributed by atoms with Gasteiger partial charge in [0.05, 0.1) is 19.8 Å². The van der Waals surface area contributed by atoms with E-state index in [-0.39, 0.29) is 25.9 Å². The van der Waals surface area contributed by atoms with Crippen LogP contribution in [0.15, 0.2) is 134 Å². The summed E-state index contributed by atoms with van der Waals surface area (Å²) in [6.45, 7) is 4.30. The van der Waals surface area contributed by atoms with Crippen LogP contribution in [0.25, 0.3) is 0 Å². The number of phosphoric acid groups is 1. The molecule has 0 radical (unpaired) electrons. The fourth-order valence-electron chi connectivity index (χ4n) is 7.90. The topological polar surface area (TPSA) is 155 Å². The predicted octanol–water partition coefficient (Wildman–Crippen LogP) is 18.9. The van der Waals surface area contributed by atoms with Crippen LogP contribution in [-0.4, -0.2) is 66.5 Å². The lowest BCUT2D eigenvalue weighted by Crippen LogP contribution is -2.30. The Labute approximate surface area is 487 Å². The third-order valence-corrected chi connectivity index (χ3v) is 13.5. The number of hydrogen-bond acceptors (Lipinski definition) is 10. The van der Waals surface area contributed by atoms with Gasteiger partial charge >= 0.3 is 25.7 Å². The van der Waals surface area contributed by atoms with E-state index < -0.39 is 57.8 Å². The van der Waals surface area contributed by atoms with Crippen LogP contribution in [-0.2, 0) is 42.2 Å². The van der Waals surface area contributed by atoms with Crippen molar-refractivity contribution in [3.63, 3.8) is 0 Å². The Hall–Kier alpha value is -4.38. The molecule has 0 fully saturated rings. The third kappa shape index (κ3) is 58.3. The molecule has 0 rings (SSSR count). The second-order valence-electron chi connectivity index (χ2n) is 20.1. The molecule has 0 heterocycles. The fraction of sp³-hybridized carbons (Fsp3) is 0.632. The first-order valence-electron chi connectivity index (χ1n) is 31.1. The lowest BCUT2D eigenvalue weighted by atomic mass is 10.1. The average Bonchev–Trinajstić information content (AvgIpc) is 3.45. The highest BCUT2D eigenvalue weighted by molar-refractivity contribution is 7.47. The first-order valence-corrected chi connectivity index (χ1v) is 32.6. The van der Waals surface area contributed by atoms with Gasteiger partial charge in [0.1, 0.15) is 12.7 Å². The fourth-order valence-corrected chi connectivity index (χ4v) is 8.68. The highest BCUT2D eigenvalue weighted by atomic mass is 31.2. The van der Waals surface area contributed by atoms with Crippen LogP contribution in [0.3, 0.4) is 0 Å². The minimum atomic E-state index is -4.79. The van der Waals surface area contributed by atoms with Crippen molar-refractivity contribution in [1.82, 2.24) is 0 Å². The molecule has 0 aliphatic heterocycles. The Morgan fingerprint density at radius 3 is 1.09 bits per heavy atom. The first-order chi connectivity index (χ1) is 39.2. The van der Waals surface area contributed by atoms with Gasteiger partial charge in [0.15, 0.2) is 6.10 Å². The van der Waals surface area contributed by atoms with Crippen molar-refractivity contribution in [3.05, 3.63) is 134 Å². The lowest BCUT2D eigenvalue weighted by Gasteiger charge is -2.21. The second kappa shape index (κ2) is 60.7. The summed E-state index contributed by atoms with van der Waals surface area (Å²) in [4.78, 5) is 48.7. The van der Waals surface area contributed by atoms with E-state index in [1.807, 2.05) is 12.2 Å². The molecule has 0 bridgehead atoms. The summed E-state index contributed by atoms with van der Waals surface area (Å²) in [5.41, 5.74) is 0. The van der Waals surface area contributed by atoms with Crippen molar-refractivity contribution in [2.75, 3.05) is 26.4 Å². The van der Waals surface area contributed by atoms with E-state index in [9.17, 15) is 28.9 Å². The summed E-state index contributed by atoms with van der Waals surface area (Å²) in [7, 11) is -4.79. The van der Waals surface area contributed by atoms with Crippen LogP contribution in [0.5, 0.6) is 0 Å². The molecule has 2 N–H and O–H groups in total. The molecule has 0 aromatic heterocycles. The van der Waals surface area contributed by atoms with E-state index in [4.69, 9.17) is 23.3 Å². The summed E-state index contributed by atoms with van der Waals surface area (Å²) in [5.74, 6) is -1.61. The highest BCUT2D eigenvalue weighted by Crippen LogP contribution is 2.43. The number of ether oxygens (including phenoxy) is 3. The number of unbranched alkanes of at least 4 members (excludes halogenated alkanes) is 17. The molecule has 11 nitrogen and oxygen atoms in total. The minimum Gasteiger partial charge on any atom is -0.462 e. The normalized spacial score (nSPS) is 14.2. The molecule has 80 heavy (non-hydrogen) atoms. The van der Waals surface area contributed by atoms with Gasteiger partial charge in [0.2, 0.25) is 0 Å². The summed E-state index contributed by atoms with van der Waals surface area (Å²) in [5, 5.41) is 9.84. The smallest absolute Gasteiger partial charge is 0.462 e. The van der Waals surface area contributed by atoms with E-state index in [0.717, 1.165) is 109 Å². The Bertz CT molecular complexity index is 1850. The number of rotatable bonds is 56. The maximum absolute atomic E-state index is 12.9. The zero-order chi connectivity index (χ0) is 58.3. The monoisotopic (exact) mass is 1130 g/mol. The number of allylic oxidation sites excluding steroid dienone is 22. The Morgan fingerprint density at radius 1 is 0.362 bits per heavy atom. The average molecular weight is 1140 g/mol. The number of phosphoric ester groups is 1. The van der Waals surface area contributed by atoms with Crippen molar-refractivity contribution >= 4 is 25.7 Å². The van der Waals surface area contributed by atoms with Gasteiger partial charge in [-0.05, 0) is 122 Å². The van der Waals surface area contributed by atoms with Crippen LogP contribution < -0.4 is 0 Å². The van der Waals surface area contributed by atoms with Crippen LogP contribution in [0.2, 0.25) is 0 Å². The van der Waals surface area contributed by atoms with Gasteiger partial charge in [-0.3, -0.25) is 23.4 Å². The van der Waals surface area contributed by atoms with Crippen molar-refractivity contribution < 1.29 is 52.2 Å². The molecule has 0 saturated heterocycles. The van der Waals surface area contributed by atoms with Crippen molar-refractivity contribution in [2.24, 2.45) is 0 Å². The van der Waals surface area contributed by atoms with E-state index in [1.54, 1.807) is 0 Å². The highest BCUT2D eigenvalue weighted by Gasteiger charge is 2.28. The predicted molar refractivity (Wildman–Crippen MR) is 334 cm³/mol. The van der Waals surface area contributed by atoms with Crippen molar-refractivity contribution in [1.29, 1.82) is 0 Å². The molecule has 3 unspecified atom stereocenters. The van der Waals surface area contributed by atoms with E-state index in [2.05, 4.69) is 142 Å². The molecule has 454 valence electrons. The number of aliphatic hydroxyl groups excluding tert-OH is 1. The standard InChI is InChI=1S/C68H111O11P/c1-4-7-10-13-16-19-22-25-28-31-32-35-38-41-44-47-50-53-56-59-68(72)79-65(61-75-66(70)57-54-51-48-45-42-39-36-33-29-26-23-20-17-14-11-8-5-2)63-77-80(73,74)76-62-64(60-69)78-67(71)58-55-52-49-46-43-40-37-34-30-27-24-21-18-15-12-9-6-3/h7,9-10,12,16,18-19,21,25-30,32,35,37,40-41,44,50,53,64-65,69H,4-6,8,11,13-15,17,20,22-24,31,33-34,36,38-39,42-43,45-49,51-52,54-63H2,1-3H3,(H,73,74)/b10-7-,12-9-,19-16-,21-18-,28-25-,29-26-,30-27-,35-32-,40-37-,44-41-,53-50-. The minimum absolute atomic E-state index is 0.0332. The molecule has 0 aromatic carbocycles. The number of aliphatic hydroxyl groups is 1. The molecule has 0 aliphatic carbocycles. The number of carbonyl (C=O) groups is 3. The maximum Gasteiger partial charge on any atom is 0.472 e. The van der Waals surface area contributed by atoms with Crippen molar-refractivity contribution in [3.8, 4) is 0 Å². The van der Waals surface area contributed by atoms with Gasteiger partial charge < -0.3 is 24.2 Å². The van der Waals surface area contributed by atoms with Crippen molar-refractivity contribution in [2.45, 2.75) is 251 Å². The van der Waals surface area contributed by atoms with E-state index in [1.165, 1.54) is 64.2 Å². The van der Waals surface area contributed by atoms with Gasteiger partial charge in [-0.15, -0.1) is 0 Å². The summed E-state index contributed by atoms with van der Waals surface area (Å²) in [6.07, 6.45) is 77.0. The largest absolute Gasteiger partial charge is 0.472 e. The van der Waals surface area contributed by atoms with Crippen LogP contribution in [0.4, 0.5) is 0 Å². The van der Waals surface area contributed by atoms with Gasteiger partial charge in [0.25, 0.3) is 0 Å². The molecular formula is C68H111O11P. The molecule has 0 aromatic rings. The molecule has 0 amide bonds. The van der Waals surface area contributed by atoms with Crippen LogP contribution in [0.1, 0.15) is 239 Å². The van der Waals surface area contributed by atoms with Crippen LogP contribution in [0, 0.1) is 0 Å². The maximum atomic E-state index is 12.9. The molecule has 0 spiro atoms. The molecule has 12 heteroatoms. The van der Waals surface area contributed by atoms with Gasteiger partial charge in [-0.1, -0.05) is 231 Å². The van der Waals surface area contributed by atoms with Gasteiger partial charge in [-0.25, -0.2) is 4.57 Å². The molecule has 0 saturated carbocycles. The SMILES string of the molecule is CC/C=C\C/C=C\C/C=C\C/C=C\C/C=C\C/C=C\CCC(=O)OC(COC(=O)CCCCCCCCC/C=C\CCCCCCCC)COP(=O)(O)OCC(CO)OC(=O)CCCCCC/C=C\C/C=C\C/C=C\C/C=C\CC. The number of hydrogen-bond donors (Lipinski definition) is 2. The number of carbonyl (C=O) groups excluding carboxylic acids is 3. The Balaban J connectivity index is 4.86. The molecule has 0 aliphatic rings. The number of esters is 3. The molecular weight excluding hydrogens is 1020 g/mol. The Kier molecular flexibility index (Phi) is 57.4. The quantitative estimate of drug-likeness (QED) is 0.0197. The zero-order valence-electron chi connectivity index (χ0n) is 50.2. The van der Waals surface area contributed by atoms with Gasteiger partial charge in [-0.2, -0.15) is 0 Å². The summed E-state index contributed by atoms with van der Waals surface area (Å²) in [6, 6.07) is 0. The zero-order valence-corrected chi connectivity index (χ0v) is 51.1. The van der Waals surface area contributed by atoms with E-state index >= 15 is 0 Å². The Morgan fingerprint density at radius 2 is 0.675 bits per heavy atom. The third-order valence-electron chi connectivity index (χ3n) is 12.6. The second-order valence-corrected chi connectivity index (χ2v) is 21.6.